The third-order valence-electron chi connectivity index (χ3n) is 5.38. The van der Waals surface area contributed by atoms with Crippen molar-refractivity contribution in [3.63, 3.8) is 0 Å². The van der Waals surface area contributed by atoms with Crippen LogP contribution in [0.15, 0.2) is 48.5 Å². The molecule has 2 heterocycles. The molecule has 0 N–H and O–H groups in total. The maximum Gasteiger partial charge on any atom is 0.346 e. The van der Waals surface area contributed by atoms with Crippen molar-refractivity contribution in [2.24, 2.45) is 0 Å². The lowest BCUT2D eigenvalue weighted by molar-refractivity contribution is -0.807. The molecule has 6 nitrogen and oxygen atoms in total. The van der Waals surface area contributed by atoms with Crippen LogP contribution in [0, 0.1) is 5.21 Å². The Kier molecular flexibility index (Phi) is 5.73. The van der Waals surface area contributed by atoms with Crippen LogP contribution in [-0.4, -0.2) is 54.9 Å². The molecule has 1 atom stereocenters. The van der Waals surface area contributed by atoms with E-state index in [0.717, 1.165) is 44.2 Å². The number of rotatable bonds is 7. The molecule has 0 bridgehead atoms. The molecule has 1 amide bonds. The zero-order valence-electron chi connectivity index (χ0n) is 16.0. The van der Waals surface area contributed by atoms with Gasteiger partial charge in [-0.25, -0.2) is 4.79 Å². The van der Waals surface area contributed by atoms with E-state index in [2.05, 4.69) is 11.0 Å². The van der Waals surface area contributed by atoms with E-state index < -0.39 is 4.65 Å². The van der Waals surface area contributed by atoms with Gasteiger partial charge in [0.05, 0.1) is 31.9 Å². The fraction of sp³-hybridized carbons (Fsp3) is 0.409. The average Bonchev–Trinajstić information content (AvgIpc) is 2.97. The molecule has 0 aromatic heterocycles. The van der Waals surface area contributed by atoms with Gasteiger partial charge in [0.2, 0.25) is 0 Å². The van der Waals surface area contributed by atoms with Crippen molar-refractivity contribution in [2.75, 3.05) is 39.5 Å². The number of carbonyl (C=O) groups excluding carboxylic acids is 1. The van der Waals surface area contributed by atoms with Gasteiger partial charge in [0.15, 0.2) is 0 Å². The lowest BCUT2D eigenvalue weighted by Crippen LogP contribution is -2.43. The van der Waals surface area contributed by atoms with Crippen LogP contribution in [0.5, 0.6) is 5.75 Å². The first-order valence-corrected chi connectivity index (χ1v) is 9.87. The highest BCUT2D eigenvalue weighted by Gasteiger charge is 2.37. The molecule has 2 aromatic rings. The number of hydrogen-bond donors (Lipinski definition) is 0. The minimum atomic E-state index is -0.806. The number of fused-ring (bicyclic) bond motifs is 1. The molecular formula is C22H26N2O4. The molecule has 1 saturated heterocycles. The Bertz CT molecular complexity index is 835. The molecule has 0 radical (unpaired) electrons. The SMILES string of the molecule is O=C1c2ccccc2C[N+]1([O-])CCCOc1cccc(CN2CCOCC2)c1. The van der Waals surface area contributed by atoms with Crippen molar-refractivity contribution in [3.05, 3.63) is 70.4 Å². The van der Waals surface area contributed by atoms with Crippen molar-refractivity contribution in [3.8, 4) is 5.75 Å². The summed E-state index contributed by atoms with van der Waals surface area (Å²) in [5.74, 6) is 0.474. The second-order valence-corrected chi connectivity index (χ2v) is 7.47. The molecule has 1 unspecified atom stereocenters. The van der Waals surface area contributed by atoms with Gasteiger partial charge in [-0.3, -0.25) is 9.55 Å². The summed E-state index contributed by atoms with van der Waals surface area (Å²) in [7, 11) is 0. The number of amides is 1. The van der Waals surface area contributed by atoms with Gasteiger partial charge in [0.25, 0.3) is 0 Å². The Morgan fingerprint density at radius 2 is 1.93 bits per heavy atom. The van der Waals surface area contributed by atoms with Gasteiger partial charge in [-0.1, -0.05) is 30.3 Å². The van der Waals surface area contributed by atoms with Gasteiger partial charge in [-0.05, 0) is 23.8 Å². The third-order valence-corrected chi connectivity index (χ3v) is 5.38. The first kappa shape index (κ1) is 19.1. The van der Waals surface area contributed by atoms with Crippen LogP contribution in [0.1, 0.15) is 27.9 Å². The molecule has 4 rings (SSSR count). The first-order valence-electron chi connectivity index (χ1n) is 9.87. The lowest BCUT2D eigenvalue weighted by atomic mass is 10.1. The van der Waals surface area contributed by atoms with Gasteiger partial charge >= 0.3 is 5.91 Å². The number of benzene rings is 2. The molecule has 6 heteroatoms. The number of ether oxygens (including phenoxy) is 2. The molecule has 2 aliphatic heterocycles. The fourth-order valence-corrected chi connectivity index (χ4v) is 3.87. The van der Waals surface area contributed by atoms with Crippen LogP contribution in [0.25, 0.3) is 0 Å². The molecule has 28 heavy (non-hydrogen) atoms. The van der Waals surface area contributed by atoms with Gasteiger partial charge in [0.1, 0.15) is 12.3 Å². The topological polar surface area (TPSA) is 61.8 Å². The highest BCUT2D eigenvalue weighted by Crippen LogP contribution is 2.29. The molecule has 2 aliphatic rings. The minimum Gasteiger partial charge on any atom is -0.625 e. The molecule has 0 aliphatic carbocycles. The summed E-state index contributed by atoms with van der Waals surface area (Å²) in [6.07, 6.45) is 0.539. The summed E-state index contributed by atoms with van der Waals surface area (Å²) < 4.78 is 10.4. The van der Waals surface area contributed by atoms with Gasteiger partial charge < -0.3 is 14.7 Å². The maximum atomic E-state index is 12.9. The Morgan fingerprint density at radius 1 is 1.11 bits per heavy atom. The molecule has 2 aromatic carbocycles. The predicted octanol–water partition coefficient (Wildman–Crippen LogP) is 2.96. The van der Waals surface area contributed by atoms with Gasteiger partial charge in [-0.2, -0.15) is 0 Å². The summed E-state index contributed by atoms with van der Waals surface area (Å²) in [6.45, 7) is 5.24. The van der Waals surface area contributed by atoms with Crippen LogP contribution in [0.2, 0.25) is 0 Å². The quantitative estimate of drug-likeness (QED) is 0.419. The number of hydroxylamine groups is 3. The summed E-state index contributed by atoms with van der Waals surface area (Å²) in [6, 6.07) is 15.4. The molecule has 0 saturated carbocycles. The Balaban J connectivity index is 1.26. The number of carbonyl (C=O) groups is 1. The summed E-state index contributed by atoms with van der Waals surface area (Å²) in [5.41, 5.74) is 2.62. The summed E-state index contributed by atoms with van der Waals surface area (Å²) in [5, 5.41) is 12.9. The minimum absolute atomic E-state index is 0.226. The largest absolute Gasteiger partial charge is 0.625 e. The van der Waals surface area contributed by atoms with Gasteiger partial charge in [-0.15, -0.1) is 0 Å². The van der Waals surface area contributed by atoms with Crippen molar-refractivity contribution >= 4 is 5.91 Å². The van der Waals surface area contributed by atoms with E-state index in [-0.39, 0.29) is 19.0 Å². The molecular weight excluding hydrogens is 356 g/mol. The van der Waals surface area contributed by atoms with Crippen LogP contribution in [0.3, 0.4) is 0 Å². The van der Waals surface area contributed by atoms with Crippen molar-refractivity contribution in [2.45, 2.75) is 19.5 Å². The Hall–Kier alpha value is -2.25. The number of morpholine rings is 1. The van der Waals surface area contributed by atoms with Crippen molar-refractivity contribution in [1.82, 2.24) is 4.90 Å². The zero-order chi connectivity index (χ0) is 19.4. The number of hydrogen-bond acceptors (Lipinski definition) is 5. The Labute approximate surface area is 165 Å². The molecule has 1 fully saturated rings. The van der Waals surface area contributed by atoms with Gasteiger partial charge in [0, 0.05) is 31.6 Å². The fourth-order valence-electron chi connectivity index (χ4n) is 3.87. The van der Waals surface area contributed by atoms with E-state index in [9.17, 15) is 10.0 Å². The summed E-state index contributed by atoms with van der Waals surface area (Å²) >= 11 is 0. The lowest BCUT2D eigenvalue weighted by Gasteiger charge is -2.35. The van der Waals surface area contributed by atoms with Crippen LogP contribution < -0.4 is 4.74 Å². The maximum absolute atomic E-state index is 12.9. The van der Waals surface area contributed by atoms with Crippen LogP contribution in [-0.2, 0) is 17.8 Å². The monoisotopic (exact) mass is 382 g/mol. The number of nitrogens with zero attached hydrogens (tertiary/aromatic N) is 2. The number of quaternary nitrogens is 1. The standard InChI is InChI=1S/C22H26N2O4/c25-22-21-8-2-1-6-19(21)17-24(22,26)11-4-12-28-20-7-3-5-18(15-20)16-23-9-13-27-14-10-23/h1-3,5-8,15H,4,9-14,16-17H2. The molecule has 148 valence electrons. The van der Waals surface area contributed by atoms with E-state index in [4.69, 9.17) is 9.47 Å². The summed E-state index contributed by atoms with van der Waals surface area (Å²) in [4.78, 5) is 14.8. The van der Waals surface area contributed by atoms with E-state index in [1.807, 2.05) is 30.3 Å². The van der Waals surface area contributed by atoms with Crippen molar-refractivity contribution in [1.29, 1.82) is 0 Å². The van der Waals surface area contributed by atoms with Crippen molar-refractivity contribution < 1.29 is 18.9 Å². The van der Waals surface area contributed by atoms with Crippen LogP contribution >= 0.6 is 0 Å². The van der Waals surface area contributed by atoms with E-state index >= 15 is 0 Å². The predicted molar refractivity (Wildman–Crippen MR) is 106 cm³/mol. The van der Waals surface area contributed by atoms with E-state index in [1.165, 1.54) is 5.56 Å². The highest BCUT2D eigenvalue weighted by atomic mass is 16.6. The zero-order valence-corrected chi connectivity index (χ0v) is 16.0. The van der Waals surface area contributed by atoms with E-state index in [1.54, 1.807) is 12.1 Å². The second kappa shape index (κ2) is 8.41. The first-order chi connectivity index (χ1) is 13.6. The Morgan fingerprint density at radius 3 is 2.75 bits per heavy atom. The average molecular weight is 382 g/mol. The second-order valence-electron chi connectivity index (χ2n) is 7.47. The highest BCUT2D eigenvalue weighted by molar-refractivity contribution is 5.92. The smallest absolute Gasteiger partial charge is 0.346 e. The normalized spacial score (nSPS) is 22.2. The van der Waals surface area contributed by atoms with E-state index in [0.29, 0.717) is 18.6 Å². The third kappa shape index (κ3) is 4.25. The van der Waals surface area contributed by atoms with Crippen LogP contribution in [0.4, 0.5) is 0 Å². The molecule has 0 spiro atoms.